The third kappa shape index (κ3) is 4.61. The number of aryl methyl sites for hydroxylation is 1. The Morgan fingerprint density at radius 1 is 1.00 bits per heavy atom. The summed E-state index contributed by atoms with van der Waals surface area (Å²) < 4.78 is 0. The standard InChI is InChI=1S/C20H18N2O2S/c1-14-7-9-15(10-8-14)17(23)11-12-19(24)22-20-21-13-18(25-20)16-5-3-2-4-6-16/h2-10,13H,11-12H2,1H3,(H,21,22,24). The number of hydrogen-bond acceptors (Lipinski definition) is 4. The molecular formula is C20H18N2O2S. The summed E-state index contributed by atoms with van der Waals surface area (Å²) in [6.45, 7) is 1.97. The Morgan fingerprint density at radius 2 is 1.72 bits per heavy atom. The van der Waals surface area contributed by atoms with E-state index in [1.807, 2.05) is 49.4 Å². The predicted octanol–water partition coefficient (Wildman–Crippen LogP) is 4.72. The van der Waals surface area contributed by atoms with Crippen LogP contribution in [0.15, 0.2) is 60.8 Å². The van der Waals surface area contributed by atoms with Crippen molar-refractivity contribution in [3.05, 3.63) is 71.9 Å². The molecule has 3 aromatic rings. The minimum absolute atomic E-state index is 0.0285. The number of aromatic nitrogens is 1. The van der Waals surface area contributed by atoms with Gasteiger partial charge in [0.15, 0.2) is 10.9 Å². The smallest absolute Gasteiger partial charge is 0.226 e. The molecule has 0 fully saturated rings. The summed E-state index contributed by atoms with van der Waals surface area (Å²) in [6.07, 6.45) is 2.08. The number of nitrogens with one attached hydrogen (secondary N) is 1. The number of nitrogens with zero attached hydrogens (tertiary/aromatic N) is 1. The van der Waals surface area contributed by atoms with Gasteiger partial charge in [-0.3, -0.25) is 9.59 Å². The molecule has 1 aromatic heterocycles. The maximum Gasteiger partial charge on any atom is 0.226 e. The highest BCUT2D eigenvalue weighted by Gasteiger charge is 2.11. The zero-order valence-corrected chi connectivity index (χ0v) is 14.7. The number of Topliss-reactive ketones (excluding diaryl/α,β-unsaturated/α-hetero) is 1. The van der Waals surface area contributed by atoms with E-state index in [-0.39, 0.29) is 24.5 Å². The normalized spacial score (nSPS) is 10.4. The van der Waals surface area contributed by atoms with Crippen molar-refractivity contribution in [1.29, 1.82) is 0 Å². The Morgan fingerprint density at radius 3 is 2.44 bits per heavy atom. The van der Waals surface area contributed by atoms with Crippen LogP contribution in [0.5, 0.6) is 0 Å². The first-order valence-electron chi connectivity index (χ1n) is 8.03. The summed E-state index contributed by atoms with van der Waals surface area (Å²) in [5, 5.41) is 3.31. The second kappa shape index (κ2) is 7.85. The Bertz CT molecular complexity index is 870. The summed E-state index contributed by atoms with van der Waals surface area (Å²) in [7, 11) is 0. The SMILES string of the molecule is Cc1ccc(C(=O)CCC(=O)Nc2ncc(-c3ccccc3)s2)cc1. The summed E-state index contributed by atoms with van der Waals surface area (Å²) in [4.78, 5) is 29.4. The van der Waals surface area contributed by atoms with Gasteiger partial charge in [-0.2, -0.15) is 0 Å². The fourth-order valence-corrected chi connectivity index (χ4v) is 3.20. The van der Waals surface area contributed by atoms with Crippen LogP contribution < -0.4 is 5.32 Å². The lowest BCUT2D eigenvalue weighted by Gasteiger charge is -2.02. The van der Waals surface area contributed by atoms with Gasteiger partial charge in [0.1, 0.15) is 0 Å². The van der Waals surface area contributed by atoms with Crippen molar-refractivity contribution in [2.75, 3.05) is 5.32 Å². The van der Waals surface area contributed by atoms with E-state index in [0.717, 1.165) is 16.0 Å². The maximum atomic E-state index is 12.1. The van der Waals surface area contributed by atoms with Crippen LogP contribution in [0.4, 0.5) is 5.13 Å². The van der Waals surface area contributed by atoms with Crippen molar-refractivity contribution >= 4 is 28.2 Å². The van der Waals surface area contributed by atoms with Crippen LogP contribution in [0.1, 0.15) is 28.8 Å². The third-order valence-corrected chi connectivity index (χ3v) is 4.72. The first kappa shape index (κ1) is 17.0. The van der Waals surface area contributed by atoms with Gasteiger partial charge < -0.3 is 5.32 Å². The number of anilines is 1. The average molecular weight is 350 g/mol. The number of hydrogen-bond donors (Lipinski definition) is 1. The lowest BCUT2D eigenvalue weighted by atomic mass is 10.1. The van der Waals surface area contributed by atoms with Gasteiger partial charge in [0.05, 0.1) is 4.88 Å². The Kier molecular flexibility index (Phi) is 5.36. The highest BCUT2D eigenvalue weighted by molar-refractivity contribution is 7.19. The molecule has 0 radical (unpaired) electrons. The monoisotopic (exact) mass is 350 g/mol. The molecule has 1 N–H and O–H groups in total. The molecule has 4 nitrogen and oxygen atoms in total. The zero-order chi connectivity index (χ0) is 17.6. The molecular weight excluding hydrogens is 332 g/mol. The lowest BCUT2D eigenvalue weighted by molar-refractivity contribution is -0.116. The van der Waals surface area contributed by atoms with Crippen LogP contribution in [0.25, 0.3) is 10.4 Å². The van der Waals surface area contributed by atoms with Gasteiger partial charge in [0.25, 0.3) is 0 Å². The third-order valence-electron chi connectivity index (χ3n) is 3.76. The fraction of sp³-hybridized carbons (Fsp3) is 0.150. The molecule has 5 heteroatoms. The van der Waals surface area contributed by atoms with E-state index < -0.39 is 0 Å². The quantitative estimate of drug-likeness (QED) is 0.654. The van der Waals surface area contributed by atoms with E-state index in [9.17, 15) is 9.59 Å². The molecule has 0 saturated carbocycles. The van der Waals surface area contributed by atoms with Crippen LogP contribution in [-0.4, -0.2) is 16.7 Å². The summed E-state index contributed by atoms with van der Waals surface area (Å²) in [5.41, 5.74) is 2.81. The Labute approximate surface area is 150 Å². The van der Waals surface area contributed by atoms with Crippen molar-refractivity contribution in [2.24, 2.45) is 0 Å². The van der Waals surface area contributed by atoms with Crippen molar-refractivity contribution in [2.45, 2.75) is 19.8 Å². The van der Waals surface area contributed by atoms with Crippen LogP contribution in [0.2, 0.25) is 0 Å². The van der Waals surface area contributed by atoms with Crippen molar-refractivity contribution in [1.82, 2.24) is 4.98 Å². The molecule has 0 atom stereocenters. The van der Waals surface area contributed by atoms with Gasteiger partial charge in [0, 0.05) is 24.6 Å². The van der Waals surface area contributed by atoms with Crippen molar-refractivity contribution in [3.63, 3.8) is 0 Å². The van der Waals surface area contributed by atoms with E-state index in [2.05, 4.69) is 10.3 Å². The molecule has 0 unspecified atom stereocenters. The van der Waals surface area contributed by atoms with Gasteiger partial charge in [-0.1, -0.05) is 71.5 Å². The molecule has 126 valence electrons. The summed E-state index contributed by atoms with van der Waals surface area (Å²) in [6, 6.07) is 17.3. The first-order chi connectivity index (χ1) is 12.1. The fourth-order valence-electron chi connectivity index (χ4n) is 2.36. The number of thiazole rings is 1. The van der Waals surface area contributed by atoms with Crippen LogP contribution in [-0.2, 0) is 4.79 Å². The van der Waals surface area contributed by atoms with Crippen LogP contribution in [0.3, 0.4) is 0 Å². The van der Waals surface area contributed by atoms with Gasteiger partial charge in [-0.25, -0.2) is 4.98 Å². The number of rotatable bonds is 6. The lowest BCUT2D eigenvalue weighted by Crippen LogP contribution is -2.13. The number of amides is 1. The van der Waals surface area contributed by atoms with Crippen LogP contribution >= 0.6 is 11.3 Å². The minimum Gasteiger partial charge on any atom is -0.302 e. The van der Waals surface area contributed by atoms with Gasteiger partial charge in [0.2, 0.25) is 5.91 Å². The summed E-state index contributed by atoms with van der Waals surface area (Å²) in [5.74, 6) is -0.228. The molecule has 0 bridgehead atoms. The van der Waals surface area contributed by atoms with Crippen molar-refractivity contribution in [3.8, 4) is 10.4 Å². The van der Waals surface area contributed by atoms with Gasteiger partial charge in [-0.15, -0.1) is 0 Å². The average Bonchev–Trinajstić information content (AvgIpc) is 3.09. The van der Waals surface area contributed by atoms with Crippen LogP contribution in [0, 0.1) is 6.92 Å². The molecule has 0 aliphatic rings. The minimum atomic E-state index is -0.200. The van der Waals surface area contributed by atoms with Gasteiger partial charge in [-0.05, 0) is 12.5 Å². The molecule has 1 amide bonds. The largest absolute Gasteiger partial charge is 0.302 e. The molecule has 0 aliphatic carbocycles. The molecule has 2 aromatic carbocycles. The zero-order valence-electron chi connectivity index (χ0n) is 13.9. The molecule has 0 saturated heterocycles. The molecule has 25 heavy (non-hydrogen) atoms. The Balaban J connectivity index is 1.54. The van der Waals surface area contributed by atoms with E-state index in [4.69, 9.17) is 0 Å². The molecule has 3 rings (SSSR count). The number of benzene rings is 2. The van der Waals surface area contributed by atoms with E-state index in [0.29, 0.717) is 10.7 Å². The predicted molar refractivity (Wildman–Crippen MR) is 101 cm³/mol. The highest BCUT2D eigenvalue weighted by Crippen LogP contribution is 2.28. The second-order valence-corrected chi connectivity index (χ2v) is 6.76. The first-order valence-corrected chi connectivity index (χ1v) is 8.84. The van der Waals surface area contributed by atoms with E-state index in [1.54, 1.807) is 18.3 Å². The van der Waals surface area contributed by atoms with Crippen molar-refractivity contribution < 1.29 is 9.59 Å². The number of carbonyl (C=O) groups is 2. The number of carbonyl (C=O) groups excluding carboxylic acids is 2. The number of ketones is 1. The summed E-state index contributed by atoms with van der Waals surface area (Å²) >= 11 is 1.42. The molecule has 0 spiro atoms. The Hall–Kier alpha value is -2.79. The van der Waals surface area contributed by atoms with E-state index in [1.165, 1.54) is 11.3 Å². The van der Waals surface area contributed by atoms with E-state index >= 15 is 0 Å². The topological polar surface area (TPSA) is 59.1 Å². The molecule has 0 aliphatic heterocycles. The molecule has 1 heterocycles. The highest BCUT2D eigenvalue weighted by atomic mass is 32.1. The second-order valence-electron chi connectivity index (χ2n) is 5.73. The van der Waals surface area contributed by atoms with Gasteiger partial charge >= 0.3 is 0 Å². The maximum absolute atomic E-state index is 12.1.